The molecule has 0 aromatic heterocycles. The van der Waals surface area contributed by atoms with E-state index < -0.39 is 6.09 Å². The number of nitrogens with one attached hydrogen (secondary N) is 2. The quantitative estimate of drug-likeness (QED) is 0.0380. The summed E-state index contributed by atoms with van der Waals surface area (Å²) >= 11 is 7.31. The highest BCUT2D eigenvalue weighted by Crippen LogP contribution is 2.41. The normalized spacial score (nSPS) is 13.2. The monoisotopic (exact) mass is 926 g/mol. The van der Waals surface area contributed by atoms with Gasteiger partial charge in [-0.1, -0.05) is 128 Å². The summed E-state index contributed by atoms with van der Waals surface area (Å²) in [5.41, 5.74) is 2.82. The number of hydrogen-bond donors (Lipinski definition) is 3. The largest absolute Gasteiger partial charge is 0.507 e. The second-order valence-electron chi connectivity index (χ2n) is 15.5. The van der Waals surface area contributed by atoms with Gasteiger partial charge in [0, 0.05) is 26.6 Å². The lowest BCUT2D eigenvalue weighted by atomic mass is 9.82. The lowest BCUT2D eigenvalue weighted by molar-refractivity contribution is -0.0465. The summed E-state index contributed by atoms with van der Waals surface area (Å²) in [6.45, 7) is 7.72. The number of carbonyl (C=O) groups is 3. The Morgan fingerprint density at radius 2 is 1.21 bits per heavy atom. The first kappa shape index (κ1) is 47.4. The van der Waals surface area contributed by atoms with Crippen LogP contribution in [-0.2, 0) is 20.6 Å². The maximum atomic E-state index is 13.5. The molecule has 0 heterocycles. The van der Waals surface area contributed by atoms with Crippen LogP contribution in [-0.4, -0.2) is 61.3 Å². The Morgan fingerprint density at radius 3 is 1.78 bits per heavy atom. The predicted octanol–water partition coefficient (Wildman–Crippen LogP) is 12.8. The molecular formula is C47H64Br2N2O7. The predicted molar refractivity (Wildman–Crippen MR) is 240 cm³/mol. The highest BCUT2D eigenvalue weighted by molar-refractivity contribution is 9.11. The lowest BCUT2D eigenvalue weighted by Crippen LogP contribution is -2.30. The molecule has 3 aromatic rings. The molecule has 318 valence electrons. The number of phenolic OH excluding ortho intramolecular Hbond substituents is 1. The third-order valence-electron chi connectivity index (χ3n) is 10.6. The molecule has 0 bridgehead atoms. The van der Waals surface area contributed by atoms with Crippen molar-refractivity contribution < 1.29 is 33.7 Å². The lowest BCUT2D eigenvalue weighted by Gasteiger charge is -2.22. The molecule has 3 aromatic carbocycles. The van der Waals surface area contributed by atoms with E-state index >= 15 is 0 Å². The number of phenols is 1. The van der Waals surface area contributed by atoms with Crippen molar-refractivity contribution in [3.05, 3.63) is 85.3 Å². The van der Waals surface area contributed by atoms with Crippen LogP contribution < -0.4 is 10.6 Å². The van der Waals surface area contributed by atoms with Gasteiger partial charge in [-0.3, -0.25) is 9.59 Å². The second-order valence-corrected chi connectivity index (χ2v) is 17.3. The maximum Gasteiger partial charge on any atom is 0.407 e. The van der Waals surface area contributed by atoms with E-state index in [2.05, 4.69) is 49.4 Å². The summed E-state index contributed by atoms with van der Waals surface area (Å²) in [6, 6.07) is 13.6. The minimum absolute atomic E-state index is 0.00359. The molecule has 4 rings (SSSR count). The van der Waals surface area contributed by atoms with Crippen molar-refractivity contribution in [1.82, 2.24) is 5.32 Å². The van der Waals surface area contributed by atoms with Crippen molar-refractivity contribution in [3.8, 4) is 5.75 Å². The standard InChI is InChI=1S/C47H64Br2N2O7/c1-4-5-6-7-8-9-10-11-12-13-14-15-16-17-18-21-27-50-47(55)58-32-34(3)57-31-33(2)56-28-26-35-29-38(48)44(39(49)30-35)51-40-24-25-41(52)43-42(40)45(53)36-22-19-20-23-37(36)46(43)54/h19-20,22-25,29-30,33-34,51-52H,4-18,21,26-28,31-32H2,1-3H3,(H,50,55). The number of anilines is 2. The molecule has 0 spiro atoms. The van der Waals surface area contributed by atoms with Crippen LogP contribution in [0.3, 0.4) is 0 Å². The highest BCUT2D eigenvalue weighted by atomic mass is 79.9. The molecule has 1 aliphatic carbocycles. The van der Waals surface area contributed by atoms with E-state index in [0.29, 0.717) is 43.1 Å². The SMILES string of the molecule is CCCCCCCCCCCCCCCCCCNC(=O)OCC(C)OCC(C)OCCc1cc(Br)c(Nc2ccc(O)c3c2C(=O)c2ccccc2C3=O)c(Br)c1. The number of alkyl carbamates (subject to hydrolysis) is 1. The van der Waals surface area contributed by atoms with Gasteiger partial charge in [0.1, 0.15) is 12.4 Å². The van der Waals surface area contributed by atoms with E-state index in [9.17, 15) is 19.5 Å². The summed E-state index contributed by atoms with van der Waals surface area (Å²) < 4.78 is 18.7. The van der Waals surface area contributed by atoms with Gasteiger partial charge < -0.3 is 30.0 Å². The first-order chi connectivity index (χ1) is 28.1. The molecule has 58 heavy (non-hydrogen) atoms. The van der Waals surface area contributed by atoms with Crippen molar-refractivity contribution in [3.63, 3.8) is 0 Å². The zero-order valence-corrected chi connectivity index (χ0v) is 37.9. The molecule has 1 amide bonds. The van der Waals surface area contributed by atoms with Crippen molar-refractivity contribution in [2.75, 3.05) is 31.7 Å². The average molecular weight is 929 g/mol. The summed E-state index contributed by atoms with van der Waals surface area (Å²) in [7, 11) is 0. The van der Waals surface area contributed by atoms with Crippen LogP contribution in [0.25, 0.3) is 0 Å². The van der Waals surface area contributed by atoms with Gasteiger partial charge in [-0.05, 0) is 88.4 Å². The minimum Gasteiger partial charge on any atom is -0.507 e. The number of aromatic hydroxyl groups is 1. The van der Waals surface area contributed by atoms with E-state index in [-0.39, 0.29) is 52.8 Å². The van der Waals surface area contributed by atoms with Gasteiger partial charge >= 0.3 is 6.09 Å². The topological polar surface area (TPSA) is 123 Å². The maximum absolute atomic E-state index is 13.5. The first-order valence-electron chi connectivity index (χ1n) is 21.5. The fourth-order valence-corrected chi connectivity index (χ4v) is 8.70. The smallest absolute Gasteiger partial charge is 0.407 e. The molecule has 0 aliphatic heterocycles. The van der Waals surface area contributed by atoms with Crippen LogP contribution >= 0.6 is 31.9 Å². The van der Waals surface area contributed by atoms with Crippen LogP contribution in [0.5, 0.6) is 5.75 Å². The molecule has 0 fully saturated rings. The number of ketones is 2. The molecular weight excluding hydrogens is 864 g/mol. The van der Waals surface area contributed by atoms with Crippen molar-refractivity contribution in [2.45, 2.75) is 142 Å². The van der Waals surface area contributed by atoms with Gasteiger partial charge in [-0.2, -0.15) is 0 Å². The van der Waals surface area contributed by atoms with E-state index in [1.807, 2.05) is 26.0 Å². The number of unbranched alkanes of at least 4 members (excludes halogenated alkanes) is 15. The Balaban J connectivity index is 1.05. The number of hydrogen-bond acceptors (Lipinski definition) is 8. The van der Waals surface area contributed by atoms with Crippen LogP contribution in [0.2, 0.25) is 0 Å². The van der Waals surface area contributed by atoms with Crippen LogP contribution in [0.15, 0.2) is 57.5 Å². The Labute approximate surface area is 363 Å². The summed E-state index contributed by atoms with van der Waals surface area (Å²) in [5, 5.41) is 16.7. The molecule has 2 unspecified atom stereocenters. The zero-order chi connectivity index (χ0) is 41.7. The van der Waals surface area contributed by atoms with Gasteiger partial charge in [0.25, 0.3) is 0 Å². The van der Waals surface area contributed by atoms with Crippen LogP contribution in [0, 0.1) is 0 Å². The third kappa shape index (κ3) is 15.4. The zero-order valence-electron chi connectivity index (χ0n) is 34.8. The first-order valence-corrected chi connectivity index (χ1v) is 23.1. The molecule has 0 radical (unpaired) electrons. The molecule has 0 saturated carbocycles. The Morgan fingerprint density at radius 1 is 0.690 bits per heavy atom. The number of halogens is 2. The van der Waals surface area contributed by atoms with Gasteiger partial charge in [-0.15, -0.1) is 0 Å². The molecule has 3 N–H and O–H groups in total. The highest BCUT2D eigenvalue weighted by Gasteiger charge is 2.34. The Bertz CT molecular complexity index is 1740. The van der Waals surface area contributed by atoms with Crippen LogP contribution in [0.4, 0.5) is 16.2 Å². The fourth-order valence-electron chi connectivity index (χ4n) is 7.22. The summed E-state index contributed by atoms with van der Waals surface area (Å²) in [6.07, 6.45) is 21.0. The van der Waals surface area contributed by atoms with E-state index in [1.54, 1.807) is 30.3 Å². The molecule has 1 aliphatic rings. The second kappa shape index (κ2) is 26.1. The van der Waals surface area contributed by atoms with Crippen molar-refractivity contribution in [1.29, 1.82) is 0 Å². The number of fused-ring (bicyclic) bond motifs is 2. The fraction of sp³-hybridized carbons (Fsp3) is 0.553. The van der Waals surface area contributed by atoms with E-state index in [4.69, 9.17) is 14.2 Å². The number of ether oxygens (including phenoxy) is 3. The Kier molecular flexibility index (Phi) is 21.3. The number of benzene rings is 3. The molecule has 11 heteroatoms. The van der Waals surface area contributed by atoms with E-state index in [0.717, 1.165) is 27.4 Å². The average Bonchev–Trinajstić information content (AvgIpc) is 3.21. The number of rotatable bonds is 28. The van der Waals surface area contributed by atoms with Crippen molar-refractivity contribution in [2.24, 2.45) is 0 Å². The van der Waals surface area contributed by atoms with Gasteiger partial charge in [0.2, 0.25) is 0 Å². The van der Waals surface area contributed by atoms with E-state index in [1.165, 1.54) is 96.0 Å². The molecule has 9 nitrogen and oxygen atoms in total. The van der Waals surface area contributed by atoms with Crippen molar-refractivity contribution >= 4 is 60.9 Å². The summed E-state index contributed by atoms with van der Waals surface area (Å²) in [4.78, 5) is 38.9. The van der Waals surface area contributed by atoms with Gasteiger partial charge in [0.05, 0.1) is 47.9 Å². The summed E-state index contributed by atoms with van der Waals surface area (Å²) in [5.74, 6) is -0.950. The Hall–Kier alpha value is -3.25. The third-order valence-corrected chi connectivity index (χ3v) is 11.8. The molecule has 2 atom stereocenters. The minimum atomic E-state index is -0.406. The molecule has 0 saturated heterocycles. The number of amides is 1. The van der Waals surface area contributed by atoms with Crippen LogP contribution in [0.1, 0.15) is 161 Å². The van der Waals surface area contributed by atoms with Gasteiger partial charge in [0.15, 0.2) is 11.6 Å². The van der Waals surface area contributed by atoms with Gasteiger partial charge in [-0.25, -0.2) is 4.79 Å². The number of carbonyl (C=O) groups excluding carboxylic acids is 3.